The summed E-state index contributed by atoms with van der Waals surface area (Å²) in [7, 11) is -17.7. The van der Waals surface area contributed by atoms with Gasteiger partial charge in [0.15, 0.2) is 0 Å². The maximum Gasteiger partial charge on any atom is 0.294 e. The monoisotopic (exact) mass is 704 g/mol. The summed E-state index contributed by atoms with van der Waals surface area (Å²) in [5, 5.41) is 3.18. The second-order valence-electron chi connectivity index (χ2n) is 11.3. The van der Waals surface area contributed by atoms with Crippen molar-refractivity contribution >= 4 is 57.6 Å². The molecular weight excluding hydrogens is 673 g/mol. The SMILES string of the molecule is CC1(CCCS(=O)(=O)O)C(/C=C/C=C2/Nc3ccc(S(=O)(=O)O)cc3C2(C)CCCS(=O)(=O)O)=Nc2ccc(S(=O)(=O)O)cc21. The molecule has 0 saturated heterocycles. The molecule has 0 fully saturated rings. The van der Waals surface area contributed by atoms with Crippen molar-refractivity contribution in [2.24, 2.45) is 4.99 Å². The van der Waals surface area contributed by atoms with E-state index in [9.17, 15) is 51.9 Å². The first kappa shape index (κ1) is 34.9. The zero-order valence-corrected chi connectivity index (χ0v) is 27.3. The lowest BCUT2D eigenvalue weighted by molar-refractivity contribution is 0.468. The van der Waals surface area contributed by atoms with Crippen molar-refractivity contribution in [3.8, 4) is 0 Å². The van der Waals surface area contributed by atoms with Gasteiger partial charge in [0.05, 0.1) is 32.7 Å². The van der Waals surface area contributed by atoms with Gasteiger partial charge in [0.1, 0.15) is 0 Å². The number of anilines is 1. The molecule has 2 aromatic carbocycles. The van der Waals surface area contributed by atoms with Gasteiger partial charge < -0.3 is 5.32 Å². The van der Waals surface area contributed by atoms with Crippen LogP contribution in [-0.2, 0) is 51.3 Å². The number of nitrogens with one attached hydrogen (secondary N) is 1. The average Bonchev–Trinajstić information content (AvgIpc) is 3.31. The Hall–Kier alpha value is -2.97. The van der Waals surface area contributed by atoms with Crippen molar-refractivity contribution in [1.29, 1.82) is 0 Å². The first-order valence-corrected chi connectivity index (χ1v) is 19.5. The average molecular weight is 705 g/mol. The fourth-order valence-corrected chi connectivity index (χ4v) is 7.75. The van der Waals surface area contributed by atoms with E-state index in [1.807, 2.05) is 0 Å². The first-order chi connectivity index (χ1) is 20.5. The van der Waals surface area contributed by atoms with E-state index >= 15 is 0 Å². The van der Waals surface area contributed by atoms with E-state index in [-0.39, 0.29) is 35.5 Å². The summed E-state index contributed by atoms with van der Waals surface area (Å²) in [4.78, 5) is 3.87. The van der Waals surface area contributed by atoms with Gasteiger partial charge in [0, 0.05) is 22.2 Å². The van der Waals surface area contributed by atoms with Crippen LogP contribution in [0.15, 0.2) is 75.1 Å². The Morgan fingerprint density at radius 2 is 1.24 bits per heavy atom. The molecule has 0 bridgehead atoms. The summed E-state index contributed by atoms with van der Waals surface area (Å²) < 4.78 is 131. The number of nitrogens with zero attached hydrogens (tertiary/aromatic N) is 1. The molecule has 4 rings (SSSR count). The quantitative estimate of drug-likeness (QED) is 0.198. The van der Waals surface area contributed by atoms with E-state index in [1.54, 1.807) is 32.1 Å². The summed E-state index contributed by atoms with van der Waals surface area (Å²) in [5.74, 6) is -1.09. The van der Waals surface area contributed by atoms with Gasteiger partial charge in [0.2, 0.25) is 0 Å². The van der Waals surface area contributed by atoms with Crippen LogP contribution in [0.5, 0.6) is 0 Å². The minimum atomic E-state index is -4.56. The molecule has 2 unspecified atom stereocenters. The van der Waals surface area contributed by atoms with Gasteiger partial charge in [-0.1, -0.05) is 6.08 Å². The number of aliphatic imine (C=N–C) groups is 1. The van der Waals surface area contributed by atoms with Crippen molar-refractivity contribution in [3.63, 3.8) is 0 Å². The molecule has 2 heterocycles. The van der Waals surface area contributed by atoms with Crippen molar-refractivity contribution in [3.05, 3.63) is 71.5 Å². The van der Waals surface area contributed by atoms with Crippen LogP contribution in [0.4, 0.5) is 11.4 Å². The summed E-state index contributed by atoms with van der Waals surface area (Å²) in [6, 6.07) is 7.81. The molecule has 0 aliphatic carbocycles. The maximum absolute atomic E-state index is 11.8. The van der Waals surface area contributed by atoms with Gasteiger partial charge in [-0.05, 0) is 99.2 Å². The predicted molar refractivity (Wildman–Crippen MR) is 166 cm³/mol. The van der Waals surface area contributed by atoms with Gasteiger partial charge in [-0.25, -0.2) is 0 Å². The summed E-state index contributed by atoms with van der Waals surface area (Å²) in [5.41, 5.74) is 0.687. The Kier molecular flexibility index (Phi) is 9.30. The molecule has 0 amide bonds. The standard InChI is InChI=1S/C27H32N2O12S4/c1-26(12-4-14-42(30,31)32)20-16-18(44(36,37)38)8-10-22(20)28-24(26)6-3-7-25-27(2,13-5-15-43(33,34)35)21-17-19(45(39,40)41)9-11-23(21)29-25/h3,6-11,16-17,28H,4-5,12-15H2,1-2H3,(H,30,31,32)(H,33,34,35)(H,36,37,38)(H,39,40,41)/b7-3+,24-6+. The molecule has 0 aromatic heterocycles. The van der Waals surface area contributed by atoms with Crippen LogP contribution in [0.3, 0.4) is 0 Å². The zero-order chi connectivity index (χ0) is 33.6. The molecule has 246 valence electrons. The zero-order valence-electron chi connectivity index (χ0n) is 24.1. The van der Waals surface area contributed by atoms with Crippen LogP contribution in [0.2, 0.25) is 0 Å². The summed E-state index contributed by atoms with van der Waals surface area (Å²) in [6.07, 6.45) is 5.15. The highest BCUT2D eigenvalue weighted by Crippen LogP contribution is 2.48. The number of fused-ring (bicyclic) bond motifs is 2. The lowest BCUT2D eigenvalue weighted by Crippen LogP contribution is -2.29. The lowest BCUT2D eigenvalue weighted by atomic mass is 9.75. The van der Waals surface area contributed by atoms with E-state index < -0.39 is 62.8 Å². The number of hydrogen-bond donors (Lipinski definition) is 5. The van der Waals surface area contributed by atoms with Gasteiger partial charge in [-0.3, -0.25) is 23.2 Å². The van der Waals surface area contributed by atoms with Crippen LogP contribution >= 0.6 is 0 Å². The fourth-order valence-electron chi connectivity index (χ4n) is 5.71. The molecule has 2 atom stereocenters. The topological polar surface area (TPSA) is 242 Å². The molecule has 18 heteroatoms. The van der Waals surface area contributed by atoms with E-state index in [4.69, 9.17) is 0 Å². The molecule has 0 radical (unpaired) electrons. The third-order valence-electron chi connectivity index (χ3n) is 8.09. The highest BCUT2D eigenvalue weighted by atomic mass is 32.2. The molecule has 0 saturated carbocycles. The molecule has 2 aliphatic heterocycles. The molecule has 14 nitrogen and oxygen atoms in total. The second kappa shape index (κ2) is 12.0. The van der Waals surface area contributed by atoms with E-state index in [0.29, 0.717) is 33.9 Å². The predicted octanol–water partition coefficient (Wildman–Crippen LogP) is 3.68. The largest absolute Gasteiger partial charge is 0.358 e. The minimum absolute atomic E-state index is 0.00236. The smallest absolute Gasteiger partial charge is 0.294 e. The lowest BCUT2D eigenvalue weighted by Gasteiger charge is -2.27. The van der Waals surface area contributed by atoms with Gasteiger partial charge in [-0.15, -0.1) is 0 Å². The summed E-state index contributed by atoms with van der Waals surface area (Å²) in [6.45, 7) is 3.45. The second-order valence-corrected chi connectivity index (χ2v) is 17.3. The normalized spacial score (nSPS) is 22.8. The minimum Gasteiger partial charge on any atom is -0.358 e. The van der Waals surface area contributed by atoms with Crippen molar-refractivity contribution < 1.29 is 51.9 Å². The number of hydrogen-bond acceptors (Lipinski definition) is 10. The van der Waals surface area contributed by atoms with Crippen LogP contribution < -0.4 is 5.32 Å². The van der Waals surface area contributed by atoms with Crippen LogP contribution in [0.1, 0.15) is 50.7 Å². The van der Waals surface area contributed by atoms with E-state index in [1.165, 1.54) is 36.4 Å². The molecular formula is C27H32N2O12S4. The molecule has 0 spiro atoms. The highest BCUT2D eigenvalue weighted by molar-refractivity contribution is 7.86. The van der Waals surface area contributed by atoms with Gasteiger partial charge in [-0.2, -0.15) is 33.7 Å². The maximum atomic E-state index is 11.8. The van der Waals surface area contributed by atoms with E-state index in [2.05, 4.69) is 10.3 Å². The fraction of sp³-hybridized carbons (Fsp3) is 0.370. The summed E-state index contributed by atoms with van der Waals surface area (Å²) >= 11 is 0. The first-order valence-electron chi connectivity index (χ1n) is 13.4. The van der Waals surface area contributed by atoms with Crippen LogP contribution in [0.25, 0.3) is 0 Å². The number of allylic oxidation sites excluding steroid dienone is 4. The van der Waals surface area contributed by atoms with Crippen molar-refractivity contribution in [1.82, 2.24) is 0 Å². The molecule has 5 N–H and O–H groups in total. The van der Waals surface area contributed by atoms with Gasteiger partial charge in [0.25, 0.3) is 40.5 Å². The Bertz CT molecular complexity index is 2070. The Balaban J connectivity index is 1.73. The van der Waals surface area contributed by atoms with Crippen LogP contribution in [0, 0.1) is 0 Å². The Labute approximate surface area is 262 Å². The highest BCUT2D eigenvalue weighted by Gasteiger charge is 2.41. The number of rotatable bonds is 12. The molecule has 2 aliphatic rings. The third-order valence-corrected chi connectivity index (χ3v) is 11.4. The molecule has 2 aromatic rings. The van der Waals surface area contributed by atoms with Crippen molar-refractivity contribution in [2.75, 3.05) is 16.8 Å². The third kappa shape index (κ3) is 7.89. The van der Waals surface area contributed by atoms with Crippen molar-refractivity contribution in [2.45, 2.75) is 60.2 Å². The molecule has 45 heavy (non-hydrogen) atoms. The van der Waals surface area contributed by atoms with E-state index in [0.717, 1.165) is 0 Å². The number of benzene rings is 2. The Morgan fingerprint density at radius 3 is 1.78 bits per heavy atom. The van der Waals surface area contributed by atoms with Crippen LogP contribution in [-0.4, -0.2) is 69.1 Å². The Morgan fingerprint density at radius 1 is 0.733 bits per heavy atom. The van der Waals surface area contributed by atoms with Gasteiger partial charge >= 0.3 is 0 Å².